The molecular formula is C22H20O5S. The molecule has 0 saturated carbocycles. The van der Waals surface area contributed by atoms with Gasteiger partial charge in [0.25, 0.3) is 0 Å². The summed E-state index contributed by atoms with van der Waals surface area (Å²) in [6, 6.07) is 12.4. The Balaban J connectivity index is 2.11. The van der Waals surface area contributed by atoms with Gasteiger partial charge in [0.05, 0.1) is 5.57 Å². The van der Waals surface area contributed by atoms with Gasteiger partial charge < -0.3 is 4.18 Å². The molecule has 0 amide bonds. The lowest BCUT2D eigenvalue weighted by atomic mass is 9.86. The lowest BCUT2D eigenvalue weighted by molar-refractivity contribution is 0.0937. The largest absolute Gasteiger partial charge is 0.374 e. The highest BCUT2D eigenvalue weighted by atomic mass is 32.2. The van der Waals surface area contributed by atoms with E-state index in [1.54, 1.807) is 36.4 Å². The minimum absolute atomic E-state index is 0.0422. The summed E-state index contributed by atoms with van der Waals surface area (Å²) in [5.41, 5.74) is 2.26. The maximum atomic E-state index is 13.0. The fourth-order valence-electron chi connectivity index (χ4n) is 2.85. The Morgan fingerprint density at radius 1 is 0.929 bits per heavy atom. The molecule has 3 rings (SSSR count). The second-order valence-corrected chi connectivity index (χ2v) is 8.39. The van der Waals surface area contributed by atoms with E-state index in [0.29, 0.717) is 0 Å². The molecule has 1 aliphatic rings. The fourth-order valence-corrected chi connectivity index (χ4v) is 3.81. The molecule has 0 bridgehead atoms. The van der Waals surface area contributed by atoms with Crippen molar-refractivity contribution in [2.24, 2.45) is 0 Å². The van der Waals surface area contributed by atoms with Crippen LogP contribution in [-0.4, -0.2) is 20.0 Å². The van der Waals surface area contributed by atoms with Gasteiger partial charge in [-0.25, -0.2) is 0 Å². The van der Waals surface area contributed by atoms with Gasteiger partial charge in [0.1, 0.15) is 4.90 Å². The molecule has 0 aromatic heterocycles. The first-order valence-corrected chi connectivity index (χ1v) is 10.2. The molecule has 28 heavy (non-hydrogen) atoms. The van der Waals surface area contributed by atoms with Crippen molar-refractivity contribution in [3.63, 3.8) is 0 Å². The van der Waals surface area contributed by atoms with Gasteiger partial charge in [-0.2, -0.15) is 8.42 Å². The molecule has 5 nitrogen and oxygen atoms in total. The molecule has 0 unspecified atom stereocenters. The average molecular weight is 396 g/mol. The van der Waals surface area contributed by atoms with Crippen LogP contribution in [0.25, 0.3) is 0 Å². The van der Waals surface area contributed by atoms with Gasteiger partial charge in [-0.1, -0.05) is 53.6 Å². The number of carbonyl (C=O) groups is 2. The van der Waals surface area contributed by atoms with Crippen molar-refractivity contribution >= 4 is 21.7 Å². The van der Waals surface area contributed by atoms with Crippen LogP contribution in [0.15, 0.2) is 76.4 Å². The topological polar surface area (TPSA) is 77.5 Å². The predicted molar refractivity (Wildman–Crippen MR) is 106 cm³/mol. The molecule has 0 fully saturated rings. The third-order valence-electron chi connectivity index (χ3n) is 4.39. The molecule has 0 atom stereocenters. The average Bonchev–Trinajstić information content (AvgIpc) is 2.65. The van der Waals surface area contributed by atoms with Crippen LogP contribution in [0.2, 0.25) is 0 Å². The number of hydrogen-bond acceptors (Lipinski definition) is 5. The number of aryl methyl sites for hydroxylation is 1. The van der Waals surface area contributed by atoms with E-state index in [9.17, 15) is 18.0 Å². The predicted octanol–water partition coefficient (Wildman–Crippen LogP) is 4.39. The number of benzene rings is 2. The SMILES string of the molecule is CC(C)=CCC1=C(OS(=O)(=O)c2ccc(C)cc2)C(=O)c2ccccc2C1=O. The van der Waals surface area contributed by atoms with E-state index < -0.39 is 27.4 Å². The van der Waals surface area contributed by atoms with E-state index in [-0.39, 0.29) is 28.0 Å². The van der Waals surface area contributed by atoms with Crippen LogP contribution in [0.3, 0.4) is 0 Å². The smallest absolute Gasteiger partial charge is 0.339 e. The molecule has 1 aliphatic carbocycles. The van der Waals surface area contributed by atoms with Crippen LogP contribution in [-0.2, 0) is 14.3 Å². The number of rotatable bonds is 5. The van der Waals surface area contributed by atoms with Crippen molar-refractivity contribution in [3.8, 4) is 0 Å². The summed E-state index contributed by atoms with van der Waals surface area (Å²) >= 11 is 0. The molecule has 0 radical (unpaired) electrons. The van der Waals surface area contributed by atoms with Crippen LogP contribution in [0, 0.1) is 6.92 Å². The molecule has 144 valence electrons. The van der Waals surface area contributed by atoms with Gasteiger partial charge in [-0.05, 0) is 39.3 Å². The van der Waals surface area contributed by atoms with E-state index in [2.05, 4.69) is 0 Å². The minimum atomic E-state index is -4.26. The summed E-state index contributed by atoms with van der Waals surface area (Å²) in [7, 11) is -4.26. The Labute approximate surface area is 164 Å². The third-order valence-corrected chi connectivity index (χ3v) is 5.62. The zero-order chi connectivity index (χ0) is 20.5. The first-order valence-electron chi connectivity index (χ1n) is 8.77. The van der Waals surface area contributed by atoms with Crippen molar-refractivity contribution in [1.82, 2.24) is 0 Å². The van der Waals surface area contributed by atoms with Crippen LogP contribution in [0.1, 0.15) is 46.5 Å². The summed E-state index contributed by atoms with van der Waals surface area (Å²) in [5.74, 6) is -1.44. The lowest BCUT2D eigenvalue weighted by Gasteiger charge is -2.20. The molecule has 0 aliphatic heterocycles. The molecule has 0 saturated heterocycles. The Morgan fingerprint density at radius 2 is 1.50 bits per heavy atom. The molecule has 6 heteroatoms. The Hall–Kier alpha value is -2.99. The number of allylic oxidation sites excluding steroid dienone is 4. The van der Waals surface area contributed by atoms with E-state index in [1.807, 2.05) is 20.8 Å². The second-order valence-electron chi connectivity index (χ2n) is 6.85. The Bertz CT molecular complexity index is 1120. The second kappa shape index (κ2) is 7.56. The highest BCUT2D eigenvalue weighted by molar-refractivity contribution is 7.86. The number of Topliss-reactive ketones (excluding diaryl/α,β-unsaturated/α-hetero) is 2. The maximum Gasteiger partial charge on any atom is 0.339 e. The summed E-state index contributed by atoms with van der Waals surface area (Å²) in [5, 5.41) is 0. The number of hydrogen-bond donors (Lipinski definition) is 0. The zero-order valence-electron chi connectivity index (χ0n) is 15.9. The fraction of sp³-hybridized carbons (Fsp3) is 0.182. The lowest BCUT2D eigenvalue weighted by Crippen LogP contribution is -2.25. The van der Waals surface area contributed by atoms with Gasteiger partial charge in [0.2, 0.25) is 5.78 Å². The molecule has 2 aromatic carbocycles. The van der Waals surface area contributed by atoms with Crippen molar-refractivity contribution in [1.29, 1.82) is 0 Å². The van der Waals surface area contributed by atoms with E-state index in [0.717, 1.165) is 11.1 Å². The van der Waals surface area contributed by atoms with Crippen LogP contribution in [0.5, 0.6) is 0 Å². The van der Waals surface area contributed by atoms with Crippen LogP contribution >= 0.6 is 0 Å². The minimum Gasteiger partial charge on any atom is -0.374 e. The van der Waals surface area contributed by atoms with Gasteiger partial charge in [-0.3, -0.25) is 9.59 Å². The van der Waals surface area contributed by atoms with E-state index in [1.165, 1.54) is 18.2 Å². The standard InChI is InChI=1S/C22H20O5S/c1-14(2)8-13-19-20(23)17-6-4-5-7-18(17)21(24)22(19)27-28(25,26)16-11-9-15(3)10-12-16/h4-12H,13H2,1-3H3. The third kappa shape index (κ3) is 3.82. The van der Waals surface area contributed by atoms with E-state index in [4.69, 9.17) is 4.18 Å². The van der Waals surface area contributed by atoms with E-state index >= 15 is 0 Å². The summed E-state index contributed by atoms with van der Waals surface area (Å²) in [4.78, 5) is 25.8. The van der Waals surface area contributed by atoms with Gasteiger partial charge >= 0.3 is 10.1 Å². The highest BCUT2D eigenvalue weighted by Gasteiger charge is 2.35. The van der Waals surface area contributed by atoms with Gasteiger partial charge in [0, 0.05) is 11.1 Å². The first-order chi connectivity index (χ1) is 13.2. The first kappa shape index (κ1) is 19.8. The Kier molecular flexibility index (Phi) is 5.34. The van der Waals surface area contributed by atoms with Gasteiger partial charge in [0.15, 0.2) is 11.5 Å². The summed E-state index contributed by atoms with van der Waals surface area (Å²) < 4.78 is 30.7. The van der Waals surface area contributed by atoms with Crippen LogP contribution in [0.4, 0.5) is 0 Å². The molecule has 2 aromatic rings. The number of ketones is 2. The number of carbonyl (C=O) groups excluding carboxylic acids is 2. The quantitative estimate of drug-likeness (QED) is 0.553. The van der Waals surface area contributed by atoms with Crippen LogP contribution < -0.4 is 0 Å². The van der Waals surface area contributed by atoms with Crippen molar-refractivity contribution in [2.75, 3.05) is 0 Å². The van der Waals surface area contributed by atoms with Crippen molar-refractivity contribution in [2.45, 2.75) is 32.1 Å². The monoisotopic (exact) mass is 396 g/mol. The molecule has 0 heterocycles. The highest BCUT2D eigenvalue weighted by Crippen LogP contribution is 2.31. The van der Waals surface area contributed by atoms with Crippen molar-refractivity contribution in [3.05, 3.63) is 88.2 Å². The summed E-state index contributed by atoms with van der Waals surface area (Å²) in [6.07, 6.45) is 1.87. The Morgan fingerprint density at radius 3 is 2.07 bits per heavy atom. The van der Waals surface area contributed by atoms with Gasteiger partial charge in [-0.15, -0.1) is 0 Å². The normalized spacial score (nSPS) is 14.0. The molecular weight excluding hydrogens is 376 g/mol. The maximum absolute atomic E-state index is 13.0. The number of fused-ring (bicyclic) bond motifs is 1. The van der Waals surface area contributed by atoms with Crippen molar-refractivity contribution < 1.29 is 22.2 Å². The zero-order valence-corrected chi connectivity index (χ0v) is 16.7. The molecule has 0 spiro atoms. The molecule has 0 N–H and O–H groups in total. The summed E-state index contributed by atoms with van der Waals surface area (Å²) in [6.45, 7) is 5.54.